The van der Waals surface area contributed by atoms with Crippen LogP contribution in [0.5, 0.6) is 0 Å². The molecule has 3 heteroatoms. The SMILES string of the molecule is CN(C)C1CCN(CC2(CN)CCCCC2)C1. The van der Waals surface area contributed by atoms with E-state index < -0.39 is 0 Å². The molecule has 1 saturated carbocycles. The Morgan fingerprint density at radius 1 is 1.24 bits per heavy atom. The number of nitrogens with zero attached hydrogens (tertiary/aromatic N) is 2. The highest BCUT2D eigenvalue weighted by Crippen LogP contribution is 2.36. The van der Waals surface area contributed by atoms with E-state index in [2.05, 4.69) is 23.9 Å². The van der Waals surface area contributed by atoms with Gasteiger partial charge in [0.25, 0.3) is 0 Å². The predicted octanol–water partition coefficient (Wildman–Crippen LogP) is 1.53. The lowest BCUT2D eigenvalue weighted by Crippen LogP contribution is -2.44. The first-order valence-electron chi connectivity index (χ1n) is 7.24. The molecule has 0 amide bonds. The normalized spacial score (nSPS) is 30.0. The molecule has 100 valence electrons. The molecule has 2 N–H and O–H groups in total. The van der Waals surface area contributed by atoms with Crippen molar-refractivity contribution in [1.29, 1.82) is 0 Å². The van der Waals surface area contributed by atoms with E-state index in [1.165, 1.54) is 58.2 Å². The van der Waals surface area contributed by atoms with E-state index in [0.29, 0.717) is 5.41 Å². The van der Waals surface area contributed by atoms with E-state index in [9.17, 15) is 0 Å². The van der Waals surface area contributed by atoms with E-state index in [4.69, 9.17) is 5.73 Å². The van der Waals surface area contributed by atoms with Crippen LogP contribution in [0.25, 0.3) is 0 Å². The second-order valence-corrected chi connectivity index (χ2v) is 6.41. The van der Waals surface area contributed by atoms with Gasteiger partial charge in [0.2, 0.25) is 0 Å². The topological polar surface area (TPSA) is 32.5 Å². The average Bonchev–Trinajstić information content (AvgIpc) is 2.79. The molecule has 17 heavy (non-hydrogen) atoms. The maximum absolute atomic E-state index is 6.07. The fraction of sp³-hybridized carbons (Fsp3) is 1.00. The summed E-state index contributed by atoms with van der Waals surface area (Å²) in [5.74, 6) is 0. The molecule has 1 atom stereocenters. The summed E-state index contributed by atoms with van der Waals surface area (Å²) in [7, 11) is 4.40. The van der Waals surface area contributed by atoms with E-state index in [-0.39, 0.29) is 0 Å². The van der Waals surface area contributed by atoms with Crippen molar-refractivity contribution in [3.05, 3.63) is 0 Å². The van der Waals surface area contributed by atoms with Crippen molar-refractivity contribution >= 4 is 0 Å². The Balaban J connectivity index is 1.87. The summed E-state index contributed by atoms with van der Waals surface area (Å²) in [6.07, 6.45) is 8.24. The number of rotatable bonds is 4. The van der Waals surface area contributed by atoms with E-state index >= 15 is 0 Å². The van der Waals surface area contributed by atoms with Crippen LogP contribution in [0.1, 0.15) is 38.5 Å². The zero-order chi connectivity index (χ0) is 12.3. The number of likely N-dealkylation sites (N-methyl/N-ethyl adjacent to an activating group) is 1. The molecule has 3 nitrogen and oxygen atoms in total. The van der Waals surface area contributed by atoms with Gasteiger partial charge in [-0.1, -0.05) is 19.3 Å². The number of likely N-dealkylation sites (tertiary alicyclic amines) is 1. The van der Waals surface area contributed by atoms with Crippen molar-refractivity contribution in [2.75, 3.05) is 40.3 Å². The summed E-state index contributed by atoms with van der Waals surface area (Å²) in [4.78, 5) is 5.03. The fourth-order valence-corrected chi connectivity index (χ4v) is 3.58. The minimum atomic E-state index is 0.444. The van der Waals surface area contributed by atoms with Crippen LogP contribution in [0.2, 0.25) is 0 Å². The Labute approximate surface area is 106 Å². The van der Waals surface area contributed by atoms with E-state index in [1.807, 2.05) is 0 Å². The van der Waals surface area contributed by atoms with Crippen LogP contribution < -0.4 is 5.73 Å². The van der Waals surface area contributed by atoms with Crippen molar-refractivity contribution < 1.29 is 0 Å². The lowest BCUT2D eigenvalue weighted by atomic mass is 9.74. The van der Waals surface area contributed by atoms with Gasteiger partial charge in [0.05, 0.1) is 0 Å². The maximum Gasteiger partial charge on any atom is 0.0229 e. The Kier molecular flexibility index (Phi) is 4.45. The summed E-state index contributed by atoms with van der Waals surface area (Å²) in [5, 5.41) is 0. The maximum atomic E-state index is 6.07. The fourth-order valence-electron chi connectivity index (χ4n) is 3.58. The van der Waals surface area contributed by atoms with Gasteiger partial charge in [0.1, 0.15) is 0 Å². The van der Waals surface area contributed by atoms with Crippen LogP contribution in [-0.2, 0) is 0 Å². The molecule has 0 bridgehead atoms. The van der Waals surface area contributed by atoms with Crippen molar-refractivity contribution in [2.45, 2.75) is 44.6 Å². The third-order valence-electron chi connectivity index (χ3n) is 4.88. The van der Waals surface area contributed by atoms with Crippen LogP contribution in [0, 0.1) is 5.41 Å². The first-order chi connectivity index (χ1) is 8.15. The van der Waals surface area contributed by atoms with E-state index in [0.717, 1.165) is 12.6 Å². The van der Waals surface area contributed by atoms with E-state index in [1.54, 1.807) is 0 Å². The zero-order valence-corrected chi connectivity index (χ0v) is 11.6. The molecule has 2 rings (SSSR count). The molecule has 1 saturated heterocycles. The molecule has 1 aliphatic heterocycles. The third-order valence-corrected chi connectivity index (χ3v) is 4.88. The smallest absolute Gasteiger partial charge is 0.0229 e. The third kappa shape index (κ3) is 3.21. The quantitative estimate of drug-likeness (QED) is 0.807. The lowest BCUT2D eigenvalue weighted by molar-refractivity contribution is 0.122. The summed E-state index contributed by atoms with van der Waals surface area (Å²) in [6.45, 7) is 4.64. The summed E-state index contributed by atoms with van der Waals surface area (Å²) in [6, 6.07) is 0.758. The first-order valence-corrected chi connectivity index (χ1v) is 7.24. The predicted molar refractivity (Wildman–Crippen MR) is 73.1 cm³/mol. The molecule has 2 aliphatic rings. The highest BCUT2D eigenvalue weighted by Gasteiger charge is 2.35. The highest BCUT2D eigenvalue weighted by molar-refractivity contribution is 4.90. The molecular formula is C14H29N3. The van der Waals surface area contributed by atoms with Gasteiger partial charge >= 0.3 is 0 Å². The van der Waals surface area contributed by atoms with Crippen LogP contribution in [0.15, 0.2) is 0 Å². The number of hydrogen-bond donors (Lipinski definition) is 1. The van der Waals surface area contributed by atoms with Crippen LogP contribution in [0.4, 0.5) is 0 Å². The highest BCUT2D eigenvalue weighted by atomic mass is 15.2. The molecule has 1 heterocycles. The Morgan fingerprint density at radius 2 is 1.94 bits per heavy atom. The van der Waals surface area contributed by atoms with Gasteiger partial charge < -0.3 is 15.5 Å². The molecule has 0 aromatic carbocycles. The van der Waals surface area contributed by atoms with Gasteiger partial charge in [-0.25, -0.2) is 0 Å². The molecule has 0 aromatic heterocycles. The summed E-state index contributed by atoms with van der Waals surface area (Å²) >= 11 is 0. The van der Waals surface area contributed by atoms with Crippen LogP contribution in [-0.4, -0.2) is 56.1 Å². The average molecular weight is 239 g/mol. The first kappa shape index (κ1) is 13.3. The van der Waals surface area contributed by atoms with Gasteiger partial charge in [-0.3, -0.25) is 0 Å². The molecule has 2 fully saturated rings. The standard InChI is InChI=1S/C14H29N3/c1-16(2)13-6-9-17(10-13)12-14(11-15)7-4-3-5-8-14/h13H,3-12,15H2,1-2H3. The number of nitrogens with two attached hydrogens (primary N) is 1. The zero-order valence-electron chi connectivity index (χ0n) is 11.6. The summed E-state index contributed by atoms with van der Waals surface area (Å²) in [5.41, 5.74) is 6.52. The van der Waals surface area contributed by atoms with Crippen LogP contribution >= 0.6 is 0 Å². The Morgan fingerprint density at radius 3 is 2.47 bits per heavy atom. The van der Waals surface area contributed by atoms with Gasteiger partial charge in [-0.15, -0.1) is 0 Å². The minimum Gasteiger partial charge on any atom is -0.330 e. The second-order valence-electron chi connectivity index (χ2n) is 6.41. The summed E-state index contributed by atoms with van der Waals surface area (Å²) < 4.78 is 0. The van der Waals surface area contributed by atoms with Gasteiger partial charge in [-0.2, -0.15) is 0 Å². The van der Waals surface area contributed by atoms with Crippen LogP contribution in [0.3, 0.4) is 0 Å². The van der Waals surface area contributed by atoms with Gasteiger partial charge in [0, 0.05) is 19.1 Å². The molecule has 0 radical (unpaired) electrons. The largest absolute Gasteiger partial charge is 0.330 e. The molecule has 1 aliphatic carbocycles. The van der Waals surface area contributed by atoms with Gasteiger partial charge in [-0.05, 0) is 51.9 Å². The van der Waals surface area contributed by atoms with Crippen molar-refractivity contribution in [2.24, 2.45) is 11.1 Å². The number of hydrogen-bond acceptors (Lipinski definition) is 3. The Hall–Kier alpha value is -0.120. The van der Waals surface area contributed by atoms with Gasteiger partial charge in [0.15, 0.2) is 0 Å². The molecule has 0 spiro atoms. The Bertz CT molecular complexity index is 234. The minimum absolute atomic E-state index is 0.444. The molecule has 1 unspecified atom stereocenters. The second kappa shape index (κ2) is 5.68. The molecular weight excluding hydrogens is 210 g/mol. The molecule has 0 aromatic rings. The van der Waals surface area contributed by atoms with Crippen molar-refractivity contribution in [3.8, 4) is 0 Å². The van der Waals surface area contributed by atoms with Crippen molar-refractivity contribution in [1.82, 2.24) is 9.80 Å². The lowest BCUT2D eigenvalue weighted by Gasteiger charge is -2.39. The monoisotopic (exact) mass is 239 g/mol. The van der Waals surface area contributed by atoms with Crippen molar-refractivity contribution in [3.63, 3.8) is 0 Å².